The van der Waals surface area contributed by atoms with Crippen LogP contribution in [0.3, 0.4) is 0 Å². The first-order valence-electron chi connectivity index (χ1n) is 6.48. The minimum atomic E-state index is -0.165. The molecule has 1 aromatic carbocycles. The summed E-state index contributed by atoms with van der Waals surface area (Å²) in [6.07, 6.45) is 2.09. The Kier molecular flexibility index (Phi) is 6.87. The number of hydrogen-bond donors (Lipinski definition) is 1. The molecule has 0 saturated heterocycles. The second-order valence-corrected chi connectivity index (χ2v) is 4.11. The Morgan fingerprint density at radius 3 is 2.61 bits per heavy atom. The van der Waals surface area contributed by atoms with Gasteiger partial charge in [0.2, 0.25) is 0 Å². The van der Waals surface area contributed by atoms with Gasteiger partial charge in [0, 0.05) is 13.1 Å². The molecule has 0 aliphatic heterocycles. The highest BCUT2D eigenvalue weighted by molar-refractivity contribution is 5.72. The predicted molar refractivity (Wildman–Crippen MR) is 71.9 cm³/mol. The number of hydroxylamine groups is 1. The van der Waals surface area contributed by atoms with E-state index in [1.54, 1.807) is 4.90 Å². The maximum Gasteiger partial charge on any atom is 0.341 e. The number of hydrogen-bond acceptors (Lipinski definition) is 2. The summed E-state index contributed by atoms with van der Waals surface area (Å²) in [7, 11) is 0. The number of nitrogens with one attached hydrogen (secondary N) is 1. The molecular weight excluding hydrogens is 228 g/mol. The van der Waals surface area contributed by atoms with Gasteiger partial charge < -0.3 is 4.90 Å². The molecular formula is C14H22N2O2. The maximum absolute atomic E-state index is 11.8. The smallest absolute Gasteiger partial charge is 0.323 e. The van der Waals surface area contributed by atoms with Crippen molar-refractivity contribution >= 4 is 6.03 Å². The summed E-state index contributed by atoms with van der Waals surface area (Å²) in [5, 5.41) is 0. The van der Waals surface area contributed by atoms with Crippen molar-refractivity contribution in [1.29, 1.82) is 0 Å². The van der Waals surface area contributed by atoms with Crippen molar-refractivity contribution in [3.05, 3.63) is 35.9 Å². The second-order valence-electron chi connectivity index (χ2n) is 4.11. The van der Waals surface area contributed by atoms with Crippen molar-refractivity contribution in [2.75, 3.05) is 13.1 Å². The van der Waals surface area contributed by atoms with Gasteiger partial charge in [0.25, 0.3) is 0 Å². The van der Waals surface area contributed by atoms with Gasteiger partial charge in [-0.15, -0.1) is 0 Å². The van der Waals surface area contributed by atoms with Crippen LogP contribution >= 0.6 is 0 Å². The second kappa shape index (κ2) is 8.53. The van der Waals surface area contributed by atoms with Gasteiger partial charge >= 0.3 is 6.03 Å². The third-order valence-electron chi connectivity index (χ3n) is 2.69. The molecule has 0 aromatic heterocycles. The first-order chi connectivity index (χ1) is 8.77. The molecule has 4 heteroatoms. The van der Waals surface area contributed by atoms with Crippen LogP contribution in [0.4, 0.5) is 4.79 Å². The Hall–Kier alpha value is -1.55. The van der Waals surface area contributed by atoms with E-state index in [9.17, 15) is 4.79 Å². The average molecular weight is 250 g/mol. The molecule has 18 heavy (non-hydrogen) atoms. The van der Waals surface area contributed by atoms with Crippen molar-refractivity contribution < 1.29 is 9.63 Å². The molecule has 0 aliphatic rings. The molecule has 100 valence electrons. The third-order valence-corrected chi connectivity index (χ3v) is 2.69. The van der Waals surface area contributed by atoms with E-state index in [1.165, 1.54) is 0 Å². The molecule has 0 saturated carbocycles. The first-order valence-corrected chi connectivity index (χ1v) is 6.48. The van der Waals surface area contributed by atoms with Gasteiger partial charge in [0.1, 0.15) is 0 Å². The lowest BCUT2D eigenvalue weighted by Crippen LogP contribution is -2.40. The number of benzene rings is 1. The van der Waals surface area contributed by atoms with Crippen LogP contribution < -0.4 is 5.48 Å². The monoisotopic (exact) mass is 250 g/mol. The Bertz CT molecular complexity index is 341. The summed E-state index contributed by atoms with van der Waals surface area (Å²) in [5.74, 6) is 0. The van der Waals surface area contributed by atoms with E-state index >= 15 is 0 Å². The topological polar surface area (TPSA) is 41.6 Å². The molecule has 2 amide bonds. The lowest BCUT2D eigenvalue weighted by atomic mass is 10.2. The van der Waals surface area contributed by atoms with Crippen molar-refractivity contribution in [1.82, 2.24) is 10.4 Å². The lowest BCUT2D eigenvalue weighted by molar-refractivity contribution is 0.0368. The highest BCUT2D eigenvalue weighted by Gasteiger charge is 2.10. The minimum absolute atomic E-state index is 0.165. The molecule has 4 nitrogen and oxygen atoms in total. The van der Waals surface area contributed by atoms with Gasteiger partial charge in [0.15, 0.2) is 0 Å². The summed E-state index contributed by atoms with van der Waals surface area (Å²) in [6.45, 7) is 5.93. The zero-order valence-corrected chi connectivity index (χ0v) is 11.2. The van der Waals surface area contributed by atoms with E-state index in [1.807, 2.05) is 37.3 Å². The highest BCUT2D eigenvalue weighted by atomic mass is 16.7. The molecule has 1 N–H and O–H groups in total. The van der Waals surface area contributed by atoms with E-state index in [0.29, 0.717) is 13.2 Å². The summed E-state index contributed by atoms with van der Waals surface area (Å²) in [4.78, 5) is 18.7. The fraction of sp³-hybridized carbons (Fsp3) is 0.500. The number of urea groups is 1. The number of rotatable bonds is 7. The standard InChI is InChI=1S/C14H22N2O2/c1-3-5-11-16(4-2)14(17)15-18-12-13-9-7-6-8-10-13/h6-10H,3-5,11-12H2,1-2H3,(H,15,17). The first kappa shape index (κ1) is 14.5. The molecule has 0 spiro atoms. The van der Waals surface area contributed by atoms with Crippen LogP contribution in [0.1, 0.15) is 32.3 Å². The largest absolute Gasteiger partial charge is 0.341 e. The number of carbonyl (C=O) groups is 1. The molecule has 1 rings (SSSR count). The number of amides is 2. The summed E-state index contributed by atoms with van der Waals surface area (Å²) in [5.41, 5.74) is 3.51. The van der Waals surface area contributed by atoms with E-state index in [2.05, 4.69) is 12.4 Å². The summed E-state index contributed by atoms with van der Waals surface area (Å²) in [6, 6.07) is 9.59. The highest BCUT2D eigenvalue weighted by Crippen LogP contribution is 2.00. The zero-order valence-electron chi connectivity index (χ0n) is 11.2. The normalized spacial score (nSPS) is 10.1. The SMILES string of the molecule is CCCCN(CC)C(=O)NOCc1ccccc1. The van der Waals surface area contributed by atoms with Crippen molar-refractivity contribution in [3.8, 4) is 0 Å². The third kappa shape index (κ3) is 5.19. The van der Waals surface area contributed by atoms with Gasteiger partial charge in [-0.2, -0.15) is 0 Å². The van der Waals surface area contributed by atoms with E-state index in [-0.39, 0.29) is 6.03 Å². The van der Waals surface area contributed by atoms with Gasteiger partial charge in [-0.25, -0.2) is 10.3 Å². The van der Waals surface area contributed by atoms with Gasteiger partial charge in [0.05, 0.1) is 6.61 Å². The van der Waals surface area contributed by atoms with Crippen LogP contribution in [0.2, 0.25) is 0 Å². The number of nitrogens with zero attached hydrogens (tertiary/aromatic N) is 1. The Morgan fingerprint density at radius 1 is 1.28 bits per heavy atom. The summed E-state index contributed by atoms with van der Waals surface area (Å²) < 4.78 is 0. The fourth-order valence-electron chi connectivity index (χ4n) is 1.57. The lowest BCUT2D eigenvalue weighted by Gasteiger charge is -2.20. The van der Waals surface area contributed by atoms with Crippen LogP contribution in [0.15, 0.2) is 30.3 Å². The van der Waals surface area contributed by atoms with Crippen LogP contribution in [0.5, 0.6) is 0 Å². The zero-order chi connectivity index (χ0) is 13.2. The molecule has 0 bridgehead atoms. The molecule has 0 atom stereocenters. The molecule has 0 unspecified atom stereocenters. The van der Waals surface area contributed by atoms with E-state index < -0.39 is 0 Å². The van der Waals surface area contributed by atoms with Gasteiger partial charge in [-0.3, -0.25) is 4.84 Å². The molecule has 0 heterocycles. The van der Waals surface area contributed by atoms with Crippen molar-refractivity contribution in [2.45, 2.75) is 33.3 Å². The minimum Gasteiger partial charge on any atom is -0.323 e. The van der Waals surface area contributed by atoms with Gasteiger partial charge in [-0.05, 0) is 18.9 Å². The molecule has 1 aromatic rings. The van der Waals surface area contributed by atoms with Crippen LogP contribution in [-0.2, 0) is 11.4 Å². The van der Waals surface area contributed by atoms with E-state index in [0.717, 1.165) is 24.9 Å². The maximum atomic E-state index is 11.8. The van der Waals surface area contributed by atoms with Crippen molar-refractivity contribution in [2.24, 2.45) is 0 Å². The molecule has 0 radical (unpaired) electrons. The Morgan fingerprint density at radius 2 is 2.00 bits per heavy atom. The van der Waals surface area contributed by atoms with E-state index in [4.69, 9.17) is 4.84 Å². The quantitative estimate of drug-likeness (QED) is 0.756. The number of carbonyl (C=O) groups excluding carboxylic acids is 1. The van der Waals surface area contributed by atoms with Crippen molar-refractivity contribution in [3.63, 3.8) is 0 Å². The average Bonchev–Trinajstić information content (AvgIpc) is 2.41. The molecule has 0 aliphatic carbocycles. The predicted octanol–water partition coefficient (Wildman–Crippen LogP) is 2.95. The summed E-state index contributed by atoms with van der Waals surface area (Å²) >= 11 is 0. The van der Waals surface area contributed by atoms with Crippen LogP contribution in [0, 0.1) is 0 Å². The fourth-order valence-corrected chi connectivity index (χ4v) is 1.57. The Labute approximate surface area is 109 Å². The Balaban J connectivity index is 2.27. The number of unbranched alkanes of at least 4 members (excludes halogenated alkanes) is 1. The van der Waals surface area contributed by atoms with Crippen LogP contribution in [-0.4, -0.2) is 24.0 Å². The van der Waals surface area contributed by atoms with Crippen LogP contribution in [0.25, 0.3) is 0 Å². The van der Waals surface area contributed by atoms with Gasteiger partial charge in [-0.1, -0.05) is 43.7 Å². The molecule has 0 fully saturated rings.